The van der Waals surface area contributed by atoms with E-state index in [9.17, 15) is 13.2 Å². The van der Waals surface area contributed by atoms with Crippen molar-refractivity contribution in [2.75, 3.05) is 6.61 Å². The number of ether oxygens (including phenoxy) is 1. The molecule has 1 heterocycles. The summed E-state index contributed by atoms with van der Waals surface area (Å²) in [5.74, 6) is -0.718. The Morgan fingerprint density at radius 1 is 1.17 bits per heavy atom. The number of carbonyl (C=O) groups excluding carboxylic acids is 1. The van der Waals surface area contributed by atoms with E-state index >= 15 is 0 Å². The Kier molecular flexibility index (Phi) is 5.40. The average molecular weight is 353 g/mol. The summed E-state index contributed by atoms with van der Waals surface area (Å²) in [6.07, 6.45) is 0.603. The third kappa shape index (κ3) is 4.16. The van der Waals surface area contributed by atoms with E-state index in [1.54, 1.807) is 13.8 Å². The van der Waals surface area contributed by atoms with E-state index in [1.165, 1.54) is 5.56 Å². The molecule has 1 aromatic carbocycles. The maximum atomic E-state index is 12.2. The van der Waals surface area contributed by atoms with Crippen molar-refractivity contribution in [3.05, 3.63) is 35.4 Å². The summed E-state index contributed by atoms with van der Waals surface area (Å²) in [7, 11) is -3.55. The number of carbonyl (C=O) groups is 1. The van der Waals surface area contributed by atoms with Crippen LogP contribution in [0, 0.1) is 0 Å². The fraction of sp³-hybridized carbons (Fsp3) is 0.611. The van der Waals surface area contributed by atoms with Gasteiger partial charge in [0, 0.05) is 5.92 Å². The number of cyclic esters (lactones) is 1. The lowest BCUT2D eigenvalue weighted by molar-refractivity contribution is -0.150. The van der Waals surface area contributed by atoms with Crippen molar-refractivity contribution in [3.63, 3.8) is 0 Å². The molecule has 2 unspecified atom stereocenters. The smallest absolute Gasteiger partial charge is 0.324 e. The van der Waals surface area contributed by atoms with E-state index < -0.39 is 27.3 Å². The van der Waals surface area contributed by atoms with Gasteiger partial charge in [0.15, 0.2) is 0 Å². The van der Waals surface area contributed by atoms with Crippen molar-refractivity contribution in [1.82, 2.24) is 4.72 Å². The summed E-state index contributed by atoms with van der Waals surface area (Å²) in [5.41, 5.74) is 2.20. The number of esters is 1. The van der Waals surface area contributed by atoms with Gasteiger partial charge in [0.2, 0.25) is 10.0 Å². The van der Waals surface area contributed by atoms with E-state index in [2.05, 4.69) is 25.5 Å². The molecule has 24 heavy (non-hydrogen) atoms. The largest absolute Gasteiger partial charge is 0.464 e. The molecule has 0 spiro atoms. The Morgan fingerprint density at radius 3 is 2.25 bits per heavy atom. The normalized spacial score (nSPS) is 22.5. The molecule has 1 aliphatic heterocycles. The van der Waals surface area contributed by atoms with Crippen molar-refractivity contribution < 1.29 is 17.9 Å². The third-order valence-electron chi connectivity index (χ3n) is 4.45. The molecule has 0 aliphatic carbocycles. The minimum absolute atomic E-state index is 0.0443. The Balaban J connectivity index is 2.30. The van der Waals surface area contributed by atoms with Crippen molar-refractivity contribution in [3.8, 4) is 0 Å². The lowest BCUT2D eigenvalue weighted by Crippen LogP contribution is -2.50. The summed E-state index contributed by atoms with van der Waals surface area (Å²) in [5, 5.41) is -0.601. The van der Waals surface area contributed by atoms with Crippen LogP contribution in [0.1, 0.15) is 58.1 Å². The maximum Gasteiger partial charge on any atom is 0.324 e. The summed E-state index contributed by atoms with van der Waals surface area (Å²) < 4.78 is 32.0. The quantitative estimate of drug-likeness (QED) is 0.845. The molecule has 1 aliphatic rings. The predicted octanol–water partition coefficient (Wildman–Crippen LogP) is 2.71. The Morgan fingerprint density at radius 2 is 1.75 bits per heavy atom. The zero-order valence-corrected chi connectivity index (χ0v) is 15.8. The molecule has 0 radical (unpaired) electrons. The van der Waals surface area contributed by atoms with Gasteiger partial charge in [-0.25, -0.2) is 13.1 Å². The van der Waals surface area contributed by atoms with Gasteiger partial charge < -0.3 is 4.74 Å². The molecule has 1 fully saturated rings. The highest BCUT2D eigenvalue weighted by atomic mass is 32.2. The Hall–Kier alpha value is -1.40. The highest BCUT2D eigenvalue weighted by Gasteiger charge is 2.38. The average Bonchev–Trinajstić information content (AvgIpc) is 2.48. The van der Waals surface area contributed by atoms with Gasteiger partial charge in [0.1, 0.15) is 6.04 Å². The molecule has 1 saturated heterocycles. The van der Waals surface area contributed by atoms with Gasteiger partial charge in [0.05, 0.1) is 11.9 Å². The highest BCUT2D eigenvalue weighted by Crippen LogP contribution is 2.31. The monoisotopic (exact) mass is 353 g/mol. The van der Waals surface area contributed by atoms with Crippen LogP contribution in [0.3, 0.4) is 0 Å². The first-order valence-electron chi connectivity index (χ1n) is 8.30. The van der Waals surface area contributed by atoms with Gasteiger partial charge in [-0.3, -0.25) is 4.79 Å². The Bertz CT molecular complexity index is 687. The van der Waals surface area contributed by atoms with Crippen molar-refractivity contribution >= 4 is 16.0 Å². The number of nitrogens with one attached hydrogen (secondary N) is 1. The molecule has 0 aromatic heterocycles. The summed E-state index contributed by atoms with van der Waals surface area (Å²) in [4.78, 5) is 12.2. The van der Waals surface area contributed by atoms with Crippen LogP contribution in [0.25, 0.3) is 0 Å². The van der Waals surface area contributed by atoms with Gasteiger partial charge in [-0.2, -0.15) is 0 Å². The zero-order valence-electron chi connectivity index (χ0n) is 15.0. The maximum absolute atomic E-state index is 12.2. The molecular weight excluding hydrogens is 326 g/mol. The van der Waals surface area contributed by atoms with Gasteiger partial charge in [-0.05, 0) is 36.8 Å². The first-order valence-corrected chi connectivity index (χ1v) is 9.85. The molecule has 1 aromatic rings. The lowest BCUT2D eigenvalue weighted by Gasteiger charge is -2.31. The number of sulfonamides is 1. The zero-order chi connectivity index (χ0) is 18.1. The second-order valence-electron chi connectivity index (χ2n) is 7.62. The van der Waals surface area contributed by atoms with E-state index in [-0.39, 0.29) is 11.3 Å². The highest BCUT2D eigenvalue weighted by molar-refractivity contribution is 7.90. The molecular formula is C18H27NO4S. The number of hydrogen-bond acceptors (Lipinski definition) is 4. The van der Waals surface area contributed by atoms with Crippen LogP contribution in [0.2, 0.25) is 0 Å². The molecule has 0 bridgehead atoms. The Labute approximate surface area is 144 Å². The molecule has 134 valence electrons. The summed E-state index contributed by atoms with van der Waals surface area (Å²) in [6.45, 7) is 9.90. The van der Waals surface area contributed by atoms with Crippen molar-refractivity contribution in [2.24, 2.45) is 0 Å². The second kappa shape index (κ2) is 6.84. The van der Waals surface area contributed by atoms with E-state index in [0.717, 1.165) is 5.56 Å². The fourth-order valence-corrected chi connectivity index (χ4v) is 3.63. The standard InChI is InChI=1S/C18H27NO4S/c1-12(2)24(21,22)19-16-15(10-11-23-17(16)20)13-6-8-14(9-7-13)18(3,4)5/h6-9,12,15-16,19H,10-11H2,1-5H3. The van der Waals surface area contributed by atoms with Crippen molar-refractivity contribution in [1.29, 1.82) is 0 Å². The van der Waals surface area contributed by atoms with Crippen LogP contribution in [0.15, 0.2) is 24.3 Å². The number of rotatable bonds is 4. The van der Waals surface area contributed by atoms with Gasteiger partial charge in [-0.15, -0.1) is 0 Å². The molecule has 0 amide bonds. The summed E-state index contributed by atoms with van der Waals surface area (Å²) in [6, 6.07) is 7.19. The van der Waals surface area contributed by atoms with Crippen LogP contribution in [0.5, 0.6) is 0 Å². The third-order valence-corrected chi connectivity index (χ3v) is 6.27. The molecule has 6 heteroatoms. The van der Waals surface area contributed by atoms with E-state index in [0.29, 0.717) is 13.0 Å². The molecule has 2 atom stereocenters. The minimum Gasteiger partial charge on any atom is -0.464 e. The number of hydrogen-bond donors (Lipinski definition) is 1. The lowest BCUT2D eigenvalue weighted by atomic mass is 9.83. The minimum atomic E-state index is -3.55. The van der Waals surface area contributed by atoms with Gasteiger partial charge in [-0.1, -0.05) is 45.0 Å². The molecule has 2 rings (SSSR count). The van der Waals surface area contributed by atoms with Crippen LogP contribution >= 0.6 is 0 Å². The second-order valence-corrected chi connectivity index (χ2v) is 9.89. The van der Waals surface area contributed by atoms with Crippen molar-refractivity contribution in [2.45, 2.75) is 63.7 Å². The van der Waals surface area contributed by atoms with E-state index in [1.807, 2.05) is 24.3 Å². The number of benzene rings is 1. The summed E-state index contributed by atoms with van der Waals surface area (Å²) >= 11 is 0. The fourth-order valence-electron chi connectivity index (χ4n) is 2.74. The molecule has 0 saturated carbocycles. The first-order chi connectivity index (χ1) is 11.0. The van der Waals surface area contributed by atoms with Crippen LogP contribution in [-0.2, 0) is 25.0 Å². The predicted molar refractivity (Wildman–Crippen MR) is 94.4 cm³/mol. The topological polar surface area (TPSA) is 72.5 Å². The van der Waals surface area contributed by atoms with Crippen LogP contribution in [-0.4, -0.2) is 32.3 Å². The molecule has 1 N–H and O–H groups in total. The van der Waals surface area contributed by atoms with Crippen LogP contribution < -0.4 is 4.72 Å². The first kappa shape index (κ1) is 18.9. The SMILES string of the molecule is CC(C)S(=O)(=O)NC1C(=O)OCCC1c1ccc(C(C)(C)C)cc1. The van der Waals surface area contributed by atoms with E-state index in [4.69, 9.17) is 4.74 Å². The van der Waals surface area contributed by atoms with Gasteiger partial charge in [0.25, 0.3) is 0 Å². The molecule has 5 nitrogen and oxygen atoms in total. The van der Waals surface area contributed by atoms with Crippen LogP contribution in [0.4, 0.5) is 0 Å². The van der Waals surface area contributed by atoms with Gasteiger partial charge >= 0.3 is 5.97 Å².